The molecule has 3 aromatic carbocycles. The average Bonchev–Trinajstić information content (AvgIpc) is 2.73. The van der Waals surface area contributed by atoms with E-state index in [0.717, 1.165) is 6.07 Å². The van der Waals surface area contributed by atoms with Crippen LogP contribution in [0.15, 0.2) is 68.6 Å². The zero-order valence-electron chi connectivity index (χ0n) is 17.1. The topological polar surface area (TPSA) is 209 Å². The minimum absolute atomic E-state index is 0.0614. The van der Waals surface area contributed by atoms with E-state index in [4.69, 9.17) is 9.29 Å². The molecular weight excluding hydrogens is 514 g/mol. The number of azo groups is 1. The lowest BCUT2D eigenvalue weighted by Crippen LogP contribution is -2.13. The molecule has 0 aromatic heterocycles. The molecule has 0 saturated carbocycles. The van der Waals surface area contributed by atoms with Crippen LogP contribution in [0.25, 0.3) is 10.8 Å². The van der Waals surface area contributed by atoms with Crippen molar-refractivity contribution < 1.29 is 43.6 Å². The molecule has 0 heterocycles. The van der Waals surface area contributed by atoms with Crippen LogP contribution in [-0.4, -0.2) is 51.9 Å². The van der Waals surface area contributed by atoms with Gasteiger partial charge in [-0.2, -0.15) is 35.5 Å². The van der Waals surface area contributed by atoms with Crippen molar-refractivity contribution in [3.8, 4) is 5.75 Å². The lowest BCUT2D eigenvalue weighted by molar-refractivity contribution is 0.416. The fraction of sp³-hybridized carbons (Fsp3) is 0.111. The Morgan fingerprint density at radius 3 is 2.00 bits per heavy atom. The molecular formula is C18H17N3O10S3. The largest absolute Gasteiger partial charge is 0.495 e. The second kappa shape index (κ2) is 9.24. The average molecular weight is 532 g/mol. The molecule has 0 saturated heterocycles. The lowest BCUT2D eigenvalue weighted by atomic mass is 10.1. The van der Waals surface area contributed by atoms with Crippen LogP contribution in [0, 0.1) is 0 Å². The maximum absolute atomic E-state index is 11.8. The van der Waals surface area contributed by atoms with E-state index in [1.54, 1.807) is 0 Å². The predicted molar refractivity (Wildman–Crippen MR) is 121 cm³/mol. The van der Waals surface area contributed by atoms with Crippen molar-refractivity contribution >= 4 is 58.2 Å². The van der Waals surface area contributed by atoms with Crippen molar-refractivity contribution in [2.45, 2.75) is 9.79 Å². The van der Waals surface area contributed by atoms with E-state index in [9.17, 15) is 34.4 Å². The quantitative estimate of drug-likeness (QED) is 0.245. The van der Waals surface area contributed by atoms with Gasteiger partial charge in [-0.1, -0.05) is 6.07 Å². The van der Waals surface area contributed by atoms with E-state index in [1.165, 1.54) is 43.5 Å². The molecule has 4 N–H and O–H groups in total. The van der Waals surface area contributed by atoms with Gasteiger partial charge in [-0.05, 0) is 41.8 Å². The molecule has 0 atom stereocenters. The standard InChI is InChI=1S/C18H17N3O10S3/c1-31-17-8-13(4-5-16(17)19-10-32(22,23)24)21-20-12-3-2-11-6-14(33(25,26)27)9-18(15(11)7-12)34(28,29)30/h2-9,19H,10H2,1H3,(H,22,23,24)(H,25,26,27)(H,28,29,30). The van der Waals surface area contributed by atoms with Crippen molar-refractivity contribution in [3.05, 3.63) is 48.5 Å². The van der Waals surface area contributed by atoms with Crippen LogP contribution in [0.3, 0.4) is 0 Å². The summed E-state index contributed by atoms with van der Waals surface area (Å²) in [6.07, 6.45) is 0. The van der Waals surface area contributed by atoms with Crippen molar-refractivity contribution in [3.63, 3.8) is 0 Å². The molecule has 0 amide bonds. The number of nitrogens with one attached hydrogen (secondary N) is 1. The van der Waals surface area contributed by atoms with Gasteiger partial charge >= 0.3 is 0 Å². The van der Waals surface area contributed by atoms with Gasteiger partial charge in [0, 0.05) is 11.5 Å². The highest BCUT2D eigenvalue weighted by Gasteiger charge is 2.20. The van der Waals surface area contributed by atoms with Crippen molar-refractivity contribution in [2.75, 3.05) is 18.3 Å². The third-order valence-corrected chi connectivity index (χ3v) is 6.59. The number of hydrogen-bond acceptors (Lipinski definition) is 10. The molecule has 3 aromatic rings. The summed E-state index contributed by atoms with van der Waals surface area (Å²) >= 11 is 0. The van der Waals surface area contributed by atoms with Gasteiger partial charge in [0.1, 0.15) is 16.5 Å². The highest BCUT2D eigenvalue weighted by molar-refractivity contribution is 7.87. The van der Waals surface area contributed by atoms with Crippen LogP contribution in [0.5, 0.6) is 5.75 Å². The fourth-order valence-electron chi connectivity index (χ4n) is 2.88. The third kappa shape index (κ3) is 6.25. The Kier molecular flexibility index (Phi) is 6.92. The molecule has 0 unspecified atom stereocenters. The van der Waals surface area contributed by atoms with E-state index in [2.05, 4.69) is 15.5 Å². The van der Waals surface area contributed by atoms with Crippen LogP contribution >= 0.6 is 0 Å². The Balaban J connectivity index is 2.00. The second-order valence-electron chi connectivity index (χ2n) is 6.76. The molecule has 0 aliphatic rings. The predicted octanol–water partition coefficient (Wildman–Crippen LogP) is 3.01. The summed E-state index contributed by atoms with van der Waals surface area (Å²) in [6.45, 7) is 0. The maximum Gasteiger partial charge on any atom is 0.295 e. The highest BCUT2D eigenvalue weighted by atomic mass is 32.2. The molecule has 0 bridgehead atoms. The normalized spacial score (nSPS) is 12.8. The van der Waals surface area contributed by atoms with Crippen LogP contribution in [-0.2, 0) is 30.4 Å². The fourth-order valence-corrected chi connectivity index (χ4v) is 4.57. The Morgan fingerprint density at radius 2 is 1.44 bits per heavy atom. The molecule has 0 fully saturated rings. The molecule has 13 nitrogen and oxygen atoms in total. The molecule has 16 heteroatoms. The first-order chi connectivity index (χ1) is 15.7. The third-order valence-electron chi connectivity index (χ3n) is 4.36. The summed E-state index contributed by atoms with van der Waals surface area (Å²) in [6, 6.07) is 9.93. The van der Waals surface area contributed by atoms with E-state index >= 15 is 0 Å². The van der Waals surface area contributed by atoms with E-state index < -0.39 is 46.0 Å². The smallest absolute Gasteiger partial charge is 0.295 e. The summed E-state index contributed by atoms with van der Waals surface area (Å²) in [5.74, 6) is -0.540. The Hall–Kier alpha value is -3.15. The number of anilines is 1. The minimum Gasteiger partial charge on any atom is -0.495 e. The molecule has 0 radical (unpaired) electrons. The molecule has 0 aliphatic carbocycles. The van der Waals surface area contributed by atoms with Gasteiger partial charge in [0.2, 0.25) is 0 Å². The first kappa shape index (κ1) is 25.5. The number of fused-ring (bicyclic) bond motifs is 1. The highest BCUT2D eigenvalue weighted by Crippen LogP contribution is 2.33. The van der Waals surface area contributed by atoms with Gasteiger partial charge in [-0.25, -0.2) is 0 Å². The summed E-state index contributed by atoms with van der Waals surface area (Å²) in [4.78, 5) is -1.46. The van der Waals surface area contributed by atoms with E-state index in [1.807, 2.05) is 0 Å². The van der Waals surface area contributed by atoms with Gasteiger partial charge < -0.3 is 10.1 Å². The molecule has 0 spiro atoms. The maximum atomic E-state index is 11.8. The number of hydrogen-bond donors (Lipinski definition) is 4. The van der Waals surface area contributed by atoms with Gasteiger partial charge in [0.05, 0.1) is 29.1 Å². The molecule has 182 valence electrons. The monoisotopic (exact) mass is 531 g/mol. The second-order valence-corrected chi connectivity index (χ2v) is 11.0. The van der Waals surface area contributed by atoms with E-state index in [0.29, 0.717) is 6.07 Å². The number of nitrogens with zero attached hydrogens (tertiary/aromatic N) is 2. The SMILES string of the molecule is COc1cc(N=Nc2ccc3cc(S(=O)(=O)O)cc(S(=O)(=O)O)c3c2)ccc1NCS(=O)(=O)O. The summed E-state index contributed by atoms with van der Waals surface area (Å²) in [5, 5.41) is 10.5. The first-order valence-electron chi connectivity index (χ1n) is 8.99. The van der Waals surface area contributed by atoms with Gasteiger partial charge in [-0.3, -0.25) is 13.7 Å². The molecule has 0 aliphatic heterocycles. The van der Waals surface area contributed by atoms with Crippen molar-refractivity contribution in [1.82, 2.24) is 0 Å². The van der Waals surface area contributed by atoms with Gasteiger partial charge in [0.25, 0.3) is 30.4 Å². The summed E-state index contributed by atoms with van der Waals surface area (Å²) in [5.41, 5.74) is 0.674. The Bertz CT molecular complexity index is 1620. The van der Waals surface area contributed by atoms with Crippen LogP contribution < -0.4 is 10.1 Å². The van der Waals surface area contributed by atoms with Crippen LogP contribution in [0.2, 0.25) is 0 Å². The van der Waals surface area contributed by atoms with Crippen molar-refractivity contribution in [2.24, 2.45) is 10.2 Å². The Labute approximate surface area is 194 Å². The van der Waals surface area contributed by atoms with Gasteiger partial charge in [-0.15, -0.1) is 0 Å². The minimum atomic E-state index is -4.86. The number of methoxy groups -OCH3 is 1. The summed E-state index contributed by atoms with van der Waals surface area (Å²) in [7, 11) is -12.5. The van der Waals surface area contributed by atoms with Crippen LogP contribution in [0.4, 0.5) is 17.1 Å². The van der Waals surface area contributed by atoms with Gasteiger partial charge in [0.15, 0.2) is 0 Å². The Morgan fingerprint density at radius 1 is 0.824 bits per heavy atom. The summed E-state index contributed by atoms with van der Waals surface area (Å²) < 4.78 is 101. The number of ether oxygens (including phenoxy) is 1. The molecule has 34 heavy (non-hydrogen) atoms. The number of benzene rings is 3. The number of rotatable bonds is 8. The lowest BCUT2D eigenvalue weighted by Gasteiger charge is -2.10. The van der Waals surface area contributed by atoms with Crippen LogP contribution in [0.1, 0.15) is 0 Å². The zero-order valence-corrected chi connectivity index (χ0v) is 19.6. The zero-order chi connectivity index (χ0) is 25.3. The van der Waals surface area contributed by atoms with E-state index in [-0.39, 0.29) is 33.6 Å². The first-order valence-corrected chi connectivity index (χ1v) is 13.5. The van der Waals surface area contributed by atoms with Crippen molar-refractivity contribution in [1.29, 1.82) is 0 Å². The molecule has 3 rings (SSSR count).